The third-order valence-electron chi connectivity index (χ3n) is 5.04. The summed E-state index contributed by atoms with van der Waals surface area (Å²) in [5.41, 5.74) is 7.14. The first-order valence-corrected chi connectivity index (χ1v) is 10.3. The van der Waals surface area contributed by atoms with Crippen molar-refractivity contribution in [2.45, 2.75) is 43.0 Å². The predicted molar refractivity (Wildman–Crippen MR) is 97.8 cm³/mol. The first-order chi connectivity index (χ1) is 11.5. The van der Waals surface area contributed by atoms with E-state index >= 15 is 0 Å². The normalized spacial score (nSPS) is 21.1. The van der Waals surface area contributed by atoms with Crippen LogP contribution < -0.4 is 15.4 Å². The standard InChI is InChI=1S/C17H28N4O2S/c1-20-9-11-21(12-10-20)16-8-7-14(18)13-17(16)24(22,23)19-15-5-3-2-4-6-15/h7-8,13,15,19H,2-6,9-12,18H2,1H3. The van der Waals surface area contributed by atoms with E-state index in [9.17, 15) is 8.42 Å². The summed E-state index contributed by atoms with van der Waals surface area (Å²) in [7, 11) is -1.48. The minimum Gasteiger partial charge on any atom is -0.399 e. The quantitative estimate of drug-likeness (QED) is 0.805. The predicted octanol–water partition coefficient (Wildman–Crippen LogP) is 1.63. The number of rotatable bonds is 4. The van der Waals surface area contributed by atoms with E-state index in [1.165, 1.54) is 6.42 Å². The van der Waals surface area contributed by atoms with Crippen molar-refractivity contribution in [3.8, 4) is 0 Å². The number of nitrogen functional groups attached to an aromatic ring is 1. The molecule has 0 unspecified atom stereocenters. The van der Waals surface area contributed by atoms with E-state index in [4.69, 9.17) is 5.73 Å². The second-order valence-electron chi connectivity index (χ2n) is 6.97. The molecule has 0 bridgehead atoms. The van der Waals surface area contributed by atoms with Gasteiger partial charge in [-0.25, -0.2) is 13.1 Å². The lowest BCUT2D eigenvalue weighted by Gasteiger charge is -2.35. The van der Waals surface area contributed by atoms with Crippen molar-refractivity contribution in [2.24, 2.45) is 0 Å². The van der Waals surface area contributed by atoms with Crippen molar-refractivity contribution in [1.82, 2.24) is 9.62 Å². The maximum Gasteiger partial charge on any atom is 0.242 e. The molecule has 7 heteroatoms. The van der Waals surface area contributed by atoms with Crippen molar-refractivity contribution in [2.75, 3.05) is 43.9 Å². The van der Waals surface area contributed by atoms with Crippen molar-refractivity contribution in [1.29, 1.82) is 0 Å². The molecule has 1 aromatic rings. The number of hydrogen-bond acceptors (Lipinski definition) is 5. The van der Waals surface area contributed by atoms with Gasteiger partial charge in [-0.15, -0.1) is 0 Å². The summed E-state index contributed by atoms with van der Waals surface area (Å²) >= 11 is 0. The van der Waals surface area contributed by atoms with E-state index < -0.39 is 10.0 Å². The van der Waals surface area contributed by atoms with Gasteiger partial charge in [0.25, 0.3) is 0 Å². The Kier molecular flexibility index (Phi) is 5.32. The highest BCUT2D eigenvalue weighted by Crippen LogP contribution is 2.29. The van der Waals surface area contributed by atoms with Gasteiger partial charge in [0.2, 0.25) is 10.0 Å². The molecule has 0 atom stereocenters. The summed E-state index contributed by atoms with van der Waals surface area (Å²) < 4.78 is 28.9. The number of sulfonamides is 1. The van der Waals surface area contributed by atoms with Crippen molar-refractivity contribution in [3.05, 3.63) is 18.2 Å². The van der Waals surface area contributed by atoms with Crippen molar-refractivity contribution >= 4 is 21.4 Å². The minimum absolute atomic E-state index is 0.0468. The summed E-state index contributed by atoms with van der Waals surface area (Å²) in [6.45, 7) is 3.51. The molecule has 1 heterocycles. The summed E-state index contributed by atoms with van der Waals surface area (Å²) in [6, 6.07) is 5.27. The van der Waals surface area contributed by atoms with Gasteiger partial charge in [0.05, 0.1) is 5.69 Å². The maximum atomic E-state index is 13.0. The van der Waals surface area contributed by atoms with E-state index in [1.807, 2.05) is 6.07 Å². The molecule has 3 N–H and O–H groups in total. The Bertz CT molecular complexity index is 663. The van der Waals surface area contributed by atoms with Gasteiger partial charge in [0, 0.05) is 37.9 Å². The van der Waals surface area contributed by atoms with Gasteiger partial charge in [-0.1, -0.05) is 19.3 Å². The topological polar surface area (TPSA) is 78.7 Å². The summed E-state index contributed by atoms with van der Waals surface area (Å²) in [4.78, 5) is 4.72. The second kappa shape index (κ2) is 7.29. The lowest BCUT2D eigenvalue weighted by atomic mass is 9.96. The molecule has 6 nitrogen and oxygen atoms in total. The molecule has 0 aromatic heterocycles. The zero-order chi connectivity index (χ0) is 17.2. The molecule has 3 rings (SSSR count). The van der Waals surface area contributed by atoms with Crippen molar-refractivity contribution in [3.63, 3.8) is 0 Å². The smallest absolute Gasteiger partial charge is 0.242 e. The fraction of sp³-hybridized carbons (Fsp3) is 0.647. The Hall–Kier alpha value is -1.31. The largest absolute Gasteiger partial charge is 0.399 e. The monoisotopic (exact) mass is 352 g/mol. The van der Waals surface area contributed by atoms with E-state index in [2.05, 4.69) is 21.6 Å². The maximum absolute atomic E-state index is 13.0. The highest BCUT2D eigenvalue weighted by molar-refractivity contribution is 7.89. The zero-order valence-corrected chi connectivity index (χ0v) is 15.2. The van der Waals surface area contributed by atoms with Gasteiger partial charge >= 0.3 is 0 Å². The van der Waals surface area contributed by atoms with Crippen LogP contribution in [0.25, 0.3) is 0 Å². The molecule has 134 valence electrons. The molecule has 0 amide bonds. The van der Waals surface area contributed by atoms with Crippen LogP contribution in [-0.4, -0.2) is 52.6 Å². The van der Waals surface area contributed by atoms with E-state index in [1.54, 1.807) is 12.1 Å². The first-order valence-electron chi connectivity index (χ1n) is 8.81. The molecule has 1 aromatic carbocycles. The Balaban J connectivity index is 1.86. The summed E-state index contributed by atoms with van der Waals surface area (Å²) in [6.07, 6.45) is 5.23. The average molecular weight is 353 g/mol. The number of anilines is 2. The molecular weight excluding hydrogens is 324 g/mol. The van der Waals surface area contributed by atoms with Gasteiger partial charge in [0.1, 0.15) is 4.90 Å². The number of benzene rings is 1. The number of likely N-dealkylation sites (N-methyl/N-ethyl adjacent to an activating group) is 1. The van der Waals surface area contributed by atoms with Crippen LogP contribution in [0.2, 0.25) is 0 Å². The third-order valence-corrected chi connectivity index (χ3v) is 6.59. The Morgan fingerprint density at radius 3 is 2.42 bits per heavy atom. The number of nitrogens with zero attached hydrogens (tertiary/aromatic N) is 2. The van der Waals surface area contributed by atoms with Crippen LogP contribution >= 0.6 is 0 Å². The van der Waals surface area contributed by atoms with Gasteiger partial charge in [0.15, 0.2) is 0 Å². The molecule has 2 aliphatic rings. The fourth-order valence-electron chi connectivity index (χ4n) is 3.56. The van der Waals surface area contributed by atoms with Crippen LogP contribution in [0.1, 0.15) is 32.1 Å². The molecule has 1 aliphatic carbocycles. The van der Waals surface area contributed by atoms with Gasteiger partial charge in [-0.05, 0) is 38.1 Å². The van der Waals surface area contributed by atoms with Crippen LogP contribution in [0.5, 0.6) is 0 Å². The van der Waals surface area contributed by atoms with Gasteiger partial charge in [-0.2, -0.15) is 0 Å². The first kappa shape index (κ1) is 17.5. The molecule has 1 saturated heterocycles. The average Bonchev–Trinajstić information content (AvgIpc) is 2.56. The lowest BCUT2D eigenvalue weighted by Crippen LogP contribution is -2.45. The third kappa shape index (κ3) is 4.02. The molecule has 0 radical (unpaired) electrons. The van der Waals surface area contributed by atoms with Crippen molar-refractivity contribution < 1.29 is 8.42 Å². The zero-order valence-electron chi connectivity index (χ0n) is 14.4. The molecule has 1 saturated carbocycles. The highest BCUT2D eigenvalue weighted by Gasteiger charge is 2.27. The lowest BCUT2D eigenvalue weighted by molar-refractivity contribution is 0.312. The van der Waals surface area contributed by atoms with Crippen LogP contribution in [-0.2, 0) is 10.0 Å². The van der Waals surface area contributed by atoms with Gasteiger partial charge < -0.3 is 15.5 Å². The highest BCUT2D eigenvalue weighted by atomic mass is 32.2. The van der Waals surface area contributed by atoms with Crippen LogP contribution in [0, 0.1) is 0 Å². The molecule has 24 heavy (non-hydrogen) atoms. The number of nitrogens with two attached hydrogens (primary N) is 1. The van der Waals surface area contributed by atoms with E-state index in [0.717, 1.165) is 57.5 Å². The fourth-order valence-corrected chi connectivity index (χ4v) is 5.12. The second-order valence-corrected chi connectivity index (χ2v) is 8.66. The minimum atomic E-state index is -3.56. The number of nitrogens with one attached hydrogen (secondary N) is 1. The molecular formula is C17H28N4O2S. The summed E-state index contributed by atoms with van der Waals surface area (Å²) in [5.74, 6) is 0. The van der Waals surface area contributed by atoms with E-state index in [-0.39, 0.29) is 6.04 Å². The molecule has 1 aliphatic heterocycles. The van der Waals surface area contributed by atoms with Crippen LogP contribution in [0.15, 0.2) is 23.1 Å². The van der Waals surface area contributed by atoms with E-state index in [0.29, 0.717) is 10.6 Å². The molecule has 2 fully saturated rings. The number of piperazine rings is 1. The Morgan fingerprint density at radius 2 is 1.75 bits per heavy atom. The van der Waals surface area contributed by atoms with Crippen LogP contribution in [0.4, 0.5) is 11.4 Å². The van der Waals surface area contributed by atoms with Crippen LogP contribution in [0.3, 0.4) is 0 Å². The van der Waals surface area contributed by atoms with Gasteiger partial charge in [-0.3, -0.25) is 0 Å². The number of hydrogen-bond donors (Lipinski definition) is 2. The molecule has 0 spiro atoms. The Labute approximate surface area is 145 Å². The SMILES string of the molecule is CN1CCN(c2ccc(N)cc2S(=O)(=O)NC2CCCCC2)CC1. The Morgan fingerprint density at radius 1 is 1.08 bits per heavy atom. The summed E-state index contributed by atoms with van der Waals surface area (Å²) in [5, 5.41) is 0.